The molecule has 0 saturated heterocycles. The van der Waals surface area contributed by atoms with Crippen LogP contribution in [-0.4, -0.2) is 18.5 Å². The van der Waals surface area contributed by atoms with Gasteiger partial charge in [-0.2, -0.15) is 5.26 Å². The van der Waals surface area contributed by atoms with Crippen molar-refractivity contribution >= 4 is 17.5 Å². The summed E-state index contributed by atoms with van der Waals surface area (Å²) in [5, 5.41) is 16.3. The van der Waals surface area contributed by atoms with Crippen molar-refractivity contribution in [2.75, 3.05) is 6.54 Å². The molecule has 0 aliphatic heterocycles. The SMILES string of the molecule is N#C/C(=C/NCCc1ccccc1Cl)C(=O)NC1CCCCCCCCCCC1. The Labute approximate surface area is 180 Å². The van der Waals surface area contributed by atoms with Gasteiger partial charge in [0.1, 0.15) is 11.6 Å². The third-order valence-corrected chi connectivity index (χ3v) is 5.92. The first-order valence-electron chi connectivity index (χ1n) is 11.1. The van der Waals surface area contributed by atoms with Crippen LogP contribution in [0.2, 0.25) is 5.02 Å². The van der Waals surface area contributed by atoms with E-state index in [2.05, 4.69) is 10.6 Å². The molecule has 0 spiro atoms. The number of nitrogens with zero attached hydrogens (tertiary/aromatic N) is 1. The van der Waals surface area contributed by atoms with Crippen molar-refractivity contribution in [1.29, 1.82) is 5.26 Å². The number of nitrogens with one attached hydrogen (secondary N) is 2. The van der Waals surface area contributed by atoms with E-state index < -0.39 is 0 Å². The van der Waals surface area contributed by atoms with Crippen LogP contribution in [0.5, 0.6) is 0 Å². The van der Waals surface area contributed by atoms with Crippen LogP contribution in [0.1, 0.15) is 76.2 Å². The lowest BCUT2D eigenvalue weighted by Gasteiger charge is -2.19. The number of benzene rings is 1. The standard InChI is InChI=1S/C24H34ClN3O/c25-23-15-11-10-12-20(23)16-17-27-19-21(18-26)24(29)28-22-13-8-6-4-2-1-3-5-7-9-14-22/h10-12,15,19,22,27H,1-9,13-14,16-17H2,(H,28,29)/b21-19-. The van der Waals surface area contributed by atoms with Gasteiger partial charge in [0, 0.05) is 23.8 Å². The zero-order chi connectivity index (χ0) is 20.7. The van der Waals surface area contributed by atoms with Crippen LogP contribution in [0.4, 0.5) is 0 Å². The van der Waals surface area contributed by atoms with Gasteiger partial charge in [-0.05, 0) is 30.9 Å². The van der Waals surface area contributed by atoms with Gasteiger partial charge in [-0.25, -0.2) is 0 Å². The van der Waals surface area contributed by atoms with Crippen LogP contribution in [0.25, 0.3) is 0 Å². The molecular weight excluding hydrogens is 382 g/mol. The average Bonchev–Trinajstić information content (AvgIpc) is 2.71. The Morgan fingerprint density at radius 3 is 2.21 bits per heavy atom. The van der Waals surface area contributed by atoms with Gasteiger partial charge in [-0.3, -0.25) is 4.79 Å². The number of carbonyl (C=O) groups is 1. The van der Waals surface area contributed by atoms with E-state index >= 15 is 0 Å². The molecular formula is C24H34ClN3O. The highest BCUT2D eigenvalue weighted by atomic mass is 35.5. The summed E-state index contributed by atoms with van der Waals surface area (Å²) in [6.07, 6.45) is 15.6. The lowest BCUT2D eigenvalue weighted by molar-refractivity contribution is -0.117. The lowest BCUT2D eigenvalue weighted by Crippen LogP contribution is -2.36. The van der Waals surface area contributed by atoms with Gasteiger partial charge >= 0.3 is 0 Å². The molecule has 5 heteroatoms. The van der Waals surface area contributed by atoms with E-state index in [0.29, 0.717) is 6.54 Å². The molecule has 1 fully saturated rings. The van der Waals surface area contributed by atoms with Crippen molar-refractivity contribution in [3.05, 3.63) is 46.6 Å². The third-order valence-electron chi connectivity index (χ3n) is 5.55. The van der Waals surface area contributed by atoms with Crippen LogP contribution < -0.4 is 10.6 Å². The molecule has 158 valence electrons. The molecule has 0 bridgehead atoms. The minimum atomic E-state index is -0.269. The van der Waals surface area contributed by atoms with Gasteiger partial charge < -0.3 is 10.6 Å². The molecule has 1 saturated carbocycles. The zero-order valence-corrected chi connectivity index (χ0v) is 18.1. The molecule has 0 radical (unpaired) electrons. The molecule has 0 heterocycles. The van der Waals surface area contributed by atoms with Gasteiger partial charge in [-0.15, -0.1) is 0 Å². The van der Waals surface area contributed by atoms with Gasteiger partial charge in [0.25, 0.3) is 5.91 Å². The number of hydrogen-bond donors (Lipinski definition) is 2. The van der Waals surface area contributed by atoms with Crippen molar-refractivity contribution < 1.29 is 4.79 Å². The summed E-state index contributed by atoms with van der Waals surface area (Å²) in [6, 6.07) is 9.90. The maximum absolute atomic E-state index is 12.6. The smallest absolute Gasteiger partial charge is 0.263 e. The Kier molecular flexibility index (Phi) is 11.3. The van der Waals surface area contributed by atoms with Gasteiger partial charge in [0.15, 0.2) is 0 Å². The summed E-state index contributed by atoms with van der Waals surface area (Å²) >= 11 is 6.16. The van der Waals surface area contributed by atoms with Crippen molar-refractivity contribution in [2.45, 2.75) is 83.1 Å². The van der Waals surface area contributed by atoms with Gasteiger partial charge in [-0.1, -0.05) is 87.6 Å². The minimum absolute atomic E-state index is 0.135. The fourth-order valence-electron chi connectivity index (χ4n) is 3.80. The van der Waals surface area contributed by atoms with E-state index in [9.17, 15) is 10.1 Å². The molecule has 29 heavy (non-hydrogen) atoms. The Morgan fingerprint density at radius 2 is 1.62 bits per heavy atom. The predicted octanol–water partition coefficient (Wildman–Crippen LogP) is 5.67. The van der Waals surface area contributed by atoms with Crippen molar-refractivity contribution in [1.82, 2.24) is 10.6 Å². The monoisotopic (exact) mass is 415 g/mol. The van der Waals surface area contributed by atoms with Crippen LogP contribution in [0, 0.1) is 11.3 Å². The molecule has 1 aliphatic carbocycles. The first-order valence-corrected chi connectivity index (χ1v) is 11.5. The van der Waals surface area contributed by atoms with E-state index in [1.165, 1.54) is 51.1 Å². The molecule has 1 amide bonds. The Balaban J connectivity index is 1.81. The summed E-state index contributed by atoms with van der Waals surface area (Å²) in [5.41, 5.74) is 1.18. The number of halogens is 1. The van der Waals surface area contributed by atoms with Crippen LogP contribution in [-0.2, 0) is 11.2 Å². The highest BCUT2D eigenvalue weighted by molar-refractivity contribution is 6.31. The molecule has 4 nitrogen and oxygen atoms in total. The van der Waals surface area contributed by atoms with E-state index in [1.54, 1.807) is 0 Å². The summed E-state index contributed by atoms with van der Waals surface area (Å²) < 4.78 is 0. The second-order valence-electron chi connectivity index (χ2n) is 7.90. The number of carbonyl (C=O) groups excluding carboxylic acids is 1. The molecule has 1 aromatic carbocycles. The normalized spacial score (nSPS) is 17.4. The summed E-state index contributed by atoms with van der Waals surface area (Å²) in [4.78, 5) is 12.6. The lowest BCUT2D eigenvalue weighted by atomic mass is 9.98. The molecule has 0 atom stereocenters. The van der Waals surface area contributed by atoms with Crippen LogP contribution in [0.3, 0.4) is 0 Å². The number of rotatable bonds is 6. The van der Waals surface area contributed by atoms with E-state index in [4.69, 9.17) is 11.6 Å². The summed E-state index contributed by atoms with van der Waals surface area (Å²) in [7, 11) is 0. The quantitative estimate of drug-likeness (QED) is 0.357. The maximum atomic E-state index is 12.6. The van der Waals surface area contributed by atoms with Crippen LogP contribution in [0.15, 0.2) is 36.0 Å². The Bertz CT molecular complexity index is 684. The average molecular weight is 416 g/mol. The fourth-order valence-corrected chi connectivity index (χ4v) is 4.03. The molecule has 0 aromatic heterocycles. The second-order valence-corrected chi connectivity index (χ2v) is 8.30. The molecule has 0 unspecified atom stereocenters. The summed E-state index contributed by atoms with van der Waals surface area (Å²) in [6.45, 7) is 0.617. The highest BCUT2D eigenvalue weighted by Crippen LogP contribution is 2.17. The molecule has 1 aromatic rings. The van der Waals surface area contributed by atoms with E-state index in [0.717, 1.165) is 42.7 Å². The maximum Gasteiger partial charge on any atom is 0.263 e. The fraction of sp³-hybridized carbons (Fsp3) is 0.583. The van der Waals surface area contributed by atoms with Crippen molar-refractivity contribution in [3.63, 3.8) is 0 Å². The number of hydrogen-bond acceptors (Lipinski definition) is 3. The molecule has 2 N–H and O–H groups in total. The van der Waals surface area contributed by atoms with Gasteiger partial charge in [0.2, 0.25) is 0 Å². The largest absolute Gasteiger partial charge is 0.389 e. The topological polar surface area (TPSA) is 64.9 Å². The Morgan fingerprint density at radius 1 is 1.03 bits per heavy atom. The second kappa shape index (κ2) is 14.1. The number of nitriles is 1. The van der Waals surface area contributed by atoms with Gasteiger partial charge in [0.05, 0.1) is 0 Å². The third kappa shape index (κ3) is 9.37. The molecule has 2 rings (SSSR count). The highest BCUT2D eigenvalue weighted by Gasteiger charge is 2.16. The zero-order valence-electron chi connectivity index (χ0n) is 17.4. The van der Waals surface area contributed by atoms with Crippen molar-refractivity contribution in [3.8, 4) is 6.07 Å². The van der Waals surface area contributed by atoms with Crippen molar-refractivity contribution in [2.24, 2.45) is 0 Å². The first kappa shape index (κ1) is 23.3. The van der Waals surface area contributed by atoms with E-state index in [-0.39, 0.29) is 17.5 Å². The predicted molar refractivity (Wildman–Crippen MR) is 120 cm³/mol. The Hall–Kier alpha value is -1.99. The van der Waals surface area contributed by atoms with Crippen LogP contribution >= 0.6 is 11.6 Å². The number of amides is 1. The van der Waals surface area contributed by atoms with E-state index in [1.807, 2.05) is 30.3 Å². The molecule has 1 aliphatic rings. The first-order chi connectivity index (χ1) is 14.2. The minimum Gasteiger partial charge on any atom is -0.389 e. The summed E-state index contributed by atoms with van der Waals surface area (Å²) in [5.74, 6) is -0.269.